The number of thiazole rings is 1. The summed E-state index contributed by atoms with van der Waals surface area (Å²) in [6.45, 7) is 5.46. The minimum atomic E-state index is -4.36. The molecular formula is C12H19ClF3N3S. The van der Waals surface area contributed by atoms with E-state index in [2.05, 4.69) is 4.98 Å². The molecule has 1 aromatic heterocycles. The fraction of sp³-hybridized carbons (Fsp3) is 0.750. The number of hydrogen-bond donors (Lipinski definition) is 1. The van der Waals surface area contributed by atoms with Gasteiger partial charge in [-0.3, -0.25) is 4.90 Å². The molecule has 0 saturated carbocycles. The summed E-state index contributed by atoms with van der Waals surface area (Å²) in [5, 5.41) is 0.462. The van der Waals surface area contributed by atoms with Crippen LogP contribution in [-0.4, -0.2) is 29.0 Å². The van der Waals surface area contributed by atoms with Gasteiger partial charge in [0.2, 0.25) is 0 Å². The van der Waals surface area contributed by atoms with Gasteiger partial charge in [-0.2, -0.15) is 13.2 Å². The fourth-order valence-electron chi connectivity index (χ4n) is 2.39. The minimum absolute atomic E-state index is 0. The first-order chi connectivity index (χ1) is 8.77. The molecule has 0 radical (unpaired) electrons. The zero-order chi connectivity index (χ0) is 14.2. The molecule has 8 heteroatoms. The largest absolute Gasteiger partial charge is 0.434 e. The molecule has 2 rings (SSSR count). The van der Waals surface area contributed by atoms with Crippen LogP contribution in [0.3, 0.4) is 0 Å². The molecule has 0 spiro atoms. The first kappa shape index (κ1) is 17.7. The second-order valence-corrected chi connectivity index (χ2v) is 6.46. The van der Waals surface area contributed by atoms with E-state index in [1.54, 1.807) is 6.92 Å². The minimum Gasteiger partial charge on any atom is -0.327 e. The average molecular weight is 330 g/mol. The number of likely N-dealkylation sites (tertiary alicyclic amines) is 1. The van der Waals surface area contributed by atoms with E-state index in [0.717, 1.165) is 30.8 Å². The third-order valence-corrected chi connectivity index (χ3v) is 4.45. The van der Waals surface area contributed by atoms with Crippen LogP contribution in [0.25, 0.3) is 0 Å². The lowest BCUT2D eigenvalue weighted by molar-refractivity contribution is -0.141. The Kier molecular flexibility index (Phi) is 5.83. The van der Waals surface area contributed by atoms with Gasteiger partial charge in [0.1, 0.15) is 0 Å². The molecular weight excluding hydrogens is 311 g/mol. The lowest BCUT2D eigenvalue weighted by Gasteiger charge is -2.34. The lowest BCUT2D eigenvalue weighted by Crippen LogP contribution is -2.45. The van der Waals surface area contributed by atoms with E-state index in [1.807, 2.05) is 11.8 Å². The van der Waals surface area contributed by atoms with Gasteiger partial charge in [0.15, 0.2) is 5.69 Å². The number of piperidine rings is 1. The van der Waals surface area contributed by atoms with Crippen molar-refractivity contribution in [1.82, 2.24) is 9.88 Å². The van der Waals surface area contributed by atoms with Crippen molar-refractivity contribution in [3.8, 4) is 0 Å². The molecule has 3 nitrogen and oxygen atoms in total. The molecule has 1 aromatic rings. The molecule has 1 saturated heterocycles. The van der Waals surface area contributed by atoms with Gasteiger partial charge in [-0.15, -0.1) is 23.7 Å². The molecule has 2 unspecified atom stereocenters. The highest BCUT2D eigenvalue weighted by molar-refractivity contribution is 7.11. The van der Waals surface area contributed by atoms with Gasteiger partial charge in [-0.1, -0.05) is 6.92 Å². The van der Waals surface area contributed by atoms with Crippen molar-refractivity contribution in [2.45, 2.75) is 39.0 Å². The van der Waals surface area contributed by atoms with Crippen LogP contribution in [0.5, 0.6) is 0 Å². The zero-order valence-electron chi connectivity index (χ0n) is 11.4. The number of hydrogen-bond acceptors (Lipinski definition) is 4. The Hall–Kier alpha value is -0.370. The van der Waals surface area contributed by atoms with Crippen LogP contribution in [0, 0.1) is 12.8 Å². The molecule has 2 heterocycles. The SMILES string of the molecule is Cc1nc(C(F)(F)F)c(CN2CCC(N)C(C)C2)s1.Cl. The smallest absolute Gasteiger partial charge is 0.327 e. The molecule has 20 heavy (non-hydrogen) atoms. The summed E-state index contributed by atoms with van der Waals surface area (Å²) in [5.74, 6) is 0.317. The van der Waals surface area contributed by atoms with Crippen LogP contribution < -0.4 is 5.73 Å². The maximum absolute atomic E-state index is 12.9. The molecule has 1 fully saturated rings. The Labute approximate surface area is 126 Å². The molecule has 1 aliphatic rings. The molecule has 116 valence electrons. The van der Waals surface area contributed by atoms with Gasteiger partial charge in [0.25, 0.3) is 0 Å². The van der Waals surface area contributed by atoms with Crippen LogP contribution in [0.2, 0.25) is 0 Å². The van der Waals surface area contributed by atoms with Crippen LogP contribution >= 0.6 is 23.7 Å². The number of aryl methyl sites for hydroxylation is 1. The first-order valence-electron chi connectivity index (χ1n) is 6.29. The standard InChI is InChI=1S/C12H18F3N3S.ClH/c1-7-5-18(4-3-9(7)16)6-10-11(12(13,14)15)17-8(2)19-10;/h7,9H,3-6,16H2,1-2H3;1H. The number of rotatable bonds is 2. The van der Waals surface area contributed by atoms with E-state index in [9.17, 15) is 13.2 Å². The highest BCUT2D eigenvalue weighted by Gasteiger charge is 2.37. The summed E-state index contributed by atoms with van der Waals surface area (Å²) in [4.78, 5) is 5.97. The molecule has 1 aliphatic heterocycles. The van der Waals surface area contributed by atoms with E-state index < -0.39 is 11.9 Å². The second kappa shape index (κ2) is 6.60. The number of nitrogens with zero attached hydrogens (tertiary/aromatic N) is 2. The monoisotopic (exact) mass is 329 g/mol. The van der Waals surface area contributed by atoms with E-state index >= 15 is 0 Å². The summed E-state index contributed by atoms with van der Waals surface area (Å²) in [7, 11) is 0. The van der Waals surface area contributed by atoms with Crippen molar-refractivity contribution < 1.29 is 13.2 Å². The topological polar surface area (TPSA) is 42.2 Å². The van der Waals surface area contributed by atoms with Crippen LogP contribution in [-0.2, 0) is 12.7 Å². The molecule has 0 amide bonds. The van der Waals surface area contributed by atoms with Crippen molar-refractivity contribution >= 4 is 23.7 Å². The van der Waals surface area contributed by atoms with Crippen molar-refractivity contribution in [3.63, 3.8) is 0 Å². The van der Waals surface area contributed by atoms with Gasteiger partial charge in [0, 0.05) is 25.7 Å². The van der Waals surface area contributed by atoms with Gasteiger partial charge in [0.05, 0.1) is 9.88 Å². The third-order valence-electron chi connectivity index (χ3n) is 3.50. The van der Waals surface area contributed by atoms with Crippen LogP contribution in [0.1, 0.15) is 28.9 Å². The highest BCUT2D eigenvalue weighted by Crippen LogP contribution is 2.35. The van der Waals surface area contributed by atoms with Gasteiger partial charge >= 0.3 is 6.18 Å². The Morgan fingerprint density at radius 1 is 1.45 bits per heavy atom. The van der Waals surface area contributed by atoms with Gasteiger partial charge in [-0.05, 0) is 19.3 Å². The maximum Gasteiger partial charge on any atom is 0.434 e. The zero-order valence-corrected chi connectivity index (χ0v) is 13.0. The second-order valence-electron chi connectivity index (χ2n) is 5.17. The van der Waals surface area contributed by atoms with Crippen molar-refractivity contribution in [2.75, 3.05) is 13.1 Å². The predicted molar refractivity (Wildman–Crippen MR) is 76.1 cm³/mol. The van der Waals surface area contributed by atoms with Crippen molar-refractivity contribution in [1.29, 1.82) is 0 Å². The Bertz CT molecular complexity index is 450. The average Bonchev–Trinajstić information content (AvgIpc) is 2.65. The fourth-order valence-corrected chi connectivity index (χ4v) is 3.39. The first-order valence-corrected chi connectivity index (χ1v) is 7.10. The van der Waals surface area contributed by atoms with Crippen molar-refractivity contribution in [2.24, 2.45) is 11.7 Å². The Morgan fingerprint density at radius 2 is 2.10 bits per heavy atom. The lowest BCUT2D eigenvalue weighted by atomic mass is 9.95. The normalized spacial score (nSPS) is 24.5. The summed E-state index contributed by atoms with van der Waals surface area (Å²) >= 11 is 1.13. The Balaban J connectivity index is 0.00000200. The van der Waals surface area contributed by atoms with Gasteiger partial charge < -0.3 is 5.73 Å². The molecule has 2 atom stereocenters. The third kappa shape index (κ3) is 4.07. The summed E-state index contributed by atoms with van der Waals surface area (Å²) in [5.41, 5.74) is 5.20. The highest BCUT2D eigenvalue weighted by atomic mass is 35.5. The van der Waals surface area contributed by atoms with E-state index in [1.165, 1.54) is 0 Å². The van der Waals surface area contributed by atoms with Crippen LogP contribution in [0.15, 0.2) is 0 Å². The van der Waals surface area contributed by atoms with E-state index in [-0.39, 0.29) is 18.4 Å². The molecule has 0 aliphatic carbocycles. The summed E-state index contributed by atoms with van der Waals surface area (Å²) in [6.07, 6.45) is -3.53. The number of halogens is 4. The van der Waals surface area contributed by atoms with Crippen LogP contribution in [0.4, 0.5) is 13.2 Å². The number of aromatic nitrogens is 1. The summed E-state index contributed by atoms with van der Waals surface area (Å²) < 4.78 is 38.6. The maximum atomic E-state index is 12.9. The summed E-state index contributed by atoms with van der Waals surface area (Å²) in [6, 6.07) is 0.154. The predicted octanol–water partition coefficient (Wildman–Crippen LogP) is 3.06. The number of nitrogens with two attached hydrogens (primary N) is 1. The quantitative estimate of drug-likeness (QED) is 0.906. The molecule has 0 aromatic carbocycles. The number of alkyl halides is 3. The molecule has 2 N–H and O–H groups in total. The van der Waals surface area contributed by atoms with E-state index in [4.69, 9.17) is 5.73 Å². The molecule has 0 bridgehead atoms. The van der Waals surface area contributed by atoms with Crippen molar-refractivity contribution in [3.05, 3.63) is 15.6 Å². The van der Waals surface area contributed by atoms with Gasteiger partial charge in [-0.25, -0.2) is 4.98 Å². The van der Waals surface area contributed by atoms with E-state index in [0.29, 0.717) is 22.3 Å². The Morgan fingerprint density at radius 3 is 2.65 bits per heavy atom.